The average Bonchev–Trinajstić information content (AvgIpc) is 2.48. The van der Waals surface area contributed by atoms with E-state index in [1.807, 2.05) is 4.90 Å². The Morgan fingerprint density at radius 3 is 2.52 bits per heavy atom. The molecular weight excluding hydrogens is 270 g/mol. The summed E-state index contributed by atoms with van der Waals surface area (Å²) >= 11 is 0. The van der Waals surface area contributed by atoms with Crippen LogP contribution in [0, 0.1) is 11.3 Å². The molecule has 1 unspecified atom stereocenters. The summed E-state index contributed by atoms with van der Waals surface area (Å²) in [5, 5.41) is 12.6. The monoisotopic (exact) mass is 297 g/mol. The summed E-state index contributed by atoms with van der Waals surface area (Å²) in [7, 11) is 0. The SMILES string of the molecule is CC(C)(C(=O)O)C1CCCN(C(=O)CN2CCNCC2)C1. The van der Waals surface area contributed by atoms with Crippen molar-refractivity contribution in [2.45, 2.75) is 26.7 Å². The van der Waals surface area contributed by atoms with Gasteiger partial charge < -0.3 is 15.3 Å². The lowest BCUT2D eigenvalue weighted by atomic mass is 9.74. The predicted octanol–water partition coefficient (Wildman–Crippen LogP) is 0.241. The molecule has 1 amide bonds. The number of aliphatic carboxylic acids is 1. The number of carbonyl (C=O) groups is 2. The van der Waals surface area contributed by atoms with E-state index in [0.717, 1.165) is 45.6 Å². The molecule has 0 spiro atoms. The van der Waals surface area contributed by atoms with Crippen molar-refractivity contribution in [2.75, 3.05) is 45.8 Å². The van der Waals surface area contributed by atoms with E-state index in [1.165, 1.54) is 0 Å². The second kappa shape index (κ2) is 6.75. The molecule has 0 aromatic heterocycles. The van der Waals surface area contributed by atoms with Crippen LogP contribution in [0.5, 0.6) is 0 Å². The Kier molecular flexibility index (Phi) is 5.22. The third-order valence-electron chi connectivity index (χ3n) is 4.91. The molecule has 2 fully saturated rings. The van der Waals surface area contributed by atoms with Gasteiger partial charge in [-0.3, -0.25) is 14.5 Å². The second-order valence-electron chi connectivity index (χ2n) is 6.73. The number of amides is 1. The first-order valence-corrected chi connectivity index (χ1v) is 7.85. The van der Waals surface area contributed by atoms with Gasteiger partial charge in [-0.05, 0) is 32.6 Å². The minimum Gasteiger partial charge on any atom is -0.481 e. The molecule has 2 aliphatic rings. The number of carboxylic acid groups (broad SMARTS) is 1. The van der Waals surface area contributed by atoms with Gasteiger partial charge in [0.1, 0.15) is 0 Å². The minimum atomic E-state index is -0.774. The van der Waals surface area contributed by atoms with Crippen molar-refractivity contribution in [3.05, 3.63) is 0 Å². The highest BCUT2D eigenvalue weighted by atomic mass is 16.4. The number of hydrogen-bond acceptors (Lipinski definition) is 4. The Balaban J connectivity index is 1.90. The molecule has 2 N–H and O–H groups in total. The van der Waals surface area contributed by atoms with Crippen molar-refractivity contribution >= 4 is 11.9 Å². The Morgan fingerprint density at radius 2 is 1.90 bits per heavy atom. The molecule has 0 aromatic rings. The van der Waals surface area contributed by atoms with Crippen molar-refractivity contribution < 1.29 is 14.7 Å². The van der Waals surface area contributed by atoms with Gasteiger partial charge >= 0.3 is 5.97 Å². The molecule has 2 aliphatic heterocycles. The van der Waals surface area contributed by atoms with E-state index in [1.54, 1.807) is 13.8 Å². The highest BCUT2D eigenvalue weighted by molar-refractivity contribution is 5.79. The van der Waals surface area contributed by atoms with Gasteiger partial charge in [0.15, 0.2) is 0 Å². The van der Waals surface area contributed by atoms with Gasteiger partial charge in [-0.25, -0.2) is 0 Å². The minimum absolute atomic E-state index is 0.0377. The summed E-state index contributed by atoms with van der Waals surface area (Å²) < 4.78 is 0. The van der Waals surface area contributed by atoms with Gasteiger partial charge in [0.05, 0.1) is 12.0 Å². The van der Waals surface area contributed by atoms with Gasteiger partial charge in [0, 0.05) is 39.3 Å². The summed E-state index contributed by atoms with van der Waals surface area (Å²) in [6.07, 6.45) is 1.78. The molecule has 0 bridgehead atoms. The fraction of sp³-hybridized carbons (Fsp3) is 0.867. The van der Waals surface area contributed by atoms with E-state index in [2.05, 4.69) is 10.2 Å². The molecule has 0 saturated carbocycles. The highest BCUT2D eigenvalue weighted by Crippen LogP contribution is 2.34. The molecule has 6 nitrogen and oxygen atoms in total. The number of piperazine rings is 1. The summed E-state index contributed by atoms with van der Waals surface area (Å²) in [6, 6.07) is 0. The lowest BCUT2D eigenvalue weighted by Crippen LogP contribution is -2.52. The van der Waals surface area contributed by atoms with E-state index in [-0.39, 0.29) is 11.8 Å². The number of carbonyl (C=O) groups excluding carboxylic acids is 1. The largest absolute Gasteiger partial charge is 0.481 e. The lowest BCUT2D eigenvalue weighted by Gasteiger charge is -2.40. The van der Waals surface area contributed by atoms with Crippen LogP contribution in [0.2, 0.25) is 0 Å². The molecule has 0 radical (unpaired) electrons. The second-order valence-corrected chi connectivity index (χ2v) is 6.73. The highest BCUT2D eigenvalue weighted by Gasteiger charge is 2.40. The van der Waals surface area contributed by atoms with Crippen molar-refractivity contribution in [3.63, 3.8) is 0 Å². The van der Waals surface area contributed by atoms with Crippen LogP contribution in [0.1, 0.15) is 26.7 Å². The Hall–Kier alpha value is -1.14. The zero-order valence-electron chi connectivity index (χ0n) is 13.1. The first-order valence-electron chi connectivity index (χ1n) is 7.85. The Bertz CT molecular complexity index is 392. The van der Waals surface area contributed by atoms with Crippen LogP contribution >= 0.6 is 0 Å². The maximum absolute atomic E-state index is 12.4. The molecule has 0 aliphatic carbocycles. The first-order chi connectivity index (χ1) is 9.91. The van der Waals surface area contributed by atoms with Crippen molar-refractivity contribution in [1.82, 2.24) is 15.1 Å². The number of nitrogens with one attached hydrogen (secondary N) is 1. The van der Waals surface area contributed by atoms with Crippen LogP contribution in [0.3, 0.4) is 0 Å². The summed E-state index contributed by atoms with van der Waals surface area (Å²) in [4.78, 5) is 27.9. The fourth-order valence-corrected chi connectivity index (χ4v) is 3.13. The smallest absolute Gasteiger partial charge is 0.309 e. The average molecular weight is 297 g/mol. The zero-order chi connectivity index (χ0) is 15.5. The van der Waals surface area contributed by atoms with Gasteiger partial charge in [0.2, 0.25) is 5.91 Å². The topological polar surface area (TPSA) is 72.9 Å². The van der Waals surface area contributed by atoms with Crippen LogP contribution in [0.15, 0.2) is 0 Å². The van der Waals surface area contributed by atoms with E-state index < -0.39 is 11.4 Å². The van der Waals surface area contributed by atoms with Crippen LogP contribution in [0.25, 0.3) is 0 Å². The molecule has 2 heterocycles. The summed E-state index contributed by atoms with van der Waals surface area (Å²) in [5.41, 5.74) is -0.770. The predicted molar refractivity (Wildman–Crippen MR) is 80.0 cm³/mol. The number of rotatable bonds is 4. The number of hydrogen-bond donors (Lipinski definition) is 2. The Morgan fingerprint density at radius 1 is 1.24 bits per heavy atom. The lowest BCUT2D eigenvalue weighted by molar-refractivity contribution is -0.153. The van der Waals surface area contributed by atoms with Crippen LogP contribution in [-0.2, 0) is 9.59 Å². The van der Waals surface area contributed by atoms with E-state index in [9.17, 15) is 14.7 Å². The van der Waals surface area contributed by atoms with Gasteiger partial charge in [-0.15, -0.1) is 0 Å². The number of piperidine rings is 1. The first kappa shape index (κ1) is 16.2. The van der Waals surface area contributed by atoms with Gasteiger partial charge in [-0.2, -0.15) is 0 Å². The molecule has 6 heteroatoms. The Labute approximate surface area is 126 Å². The molecule has 2 saturated heterocycles. The van der Waals surface area contributed by atoms with Crippen molar-refractivity contribution in [3.8, 4) is 0 Å². The van der Waals surface area contributed by atoms with E-state index in [4.69, 9.17) is 0 Å². The molecular formula is C15H27N3O3. The molecule has 120 valence electrons. The number of nitrogens with zero attached hydrogens (tertiary/aromatic N) is 2. The normalized spacial score (nSPS) is 24.9. The van der Waals surface area contributed by atoms with Crippen molar-refractivity contribution in [2.24, 2.45) is 11.3 Å². The fourth-order valence-electron chi connectivity index (χ4n) is 3.13. The van der Waals surface area contributed by atoms with Crippen LogP contribution in [0.4, 0.5) is 0 Å². The maximum Gasteiger partial charge on any atom is 0.309 e. The van der Waals surface area contributed by atoms with Crippen LogP contribution < -0.4 is 5.32 Å². The van der Waals surface area contributed by atoms with E-state index in [0.29, 0.717) is 13.1 Å². The molecule has 2 rings (SSSR count). The summed E-state index contributed by atoms with van der Waals surface area (Å²) in [5.74, 6) is -0.595. The molecule has 1 atom stereocenters. The third-order valence-corrected chi connectivity index (χ3v) is 4.91. The van der Waals surface area contributed by atoms with Crippen molar-refractivity contribution in [1.29, 1.82) is 0 Å². The van der Waals surface area contributed by atoms with Gasteiger partial charge in [-0.1, -0.05) is 0 Å². The summed E-state index contributed by atoms with van der Waals surface area (Å²) in [6.45, 7) is 9.01. The van der Waals surface area contributed by atoms with E-state index >= 15 is 0 Å². The quantitative estimate of drug-likeness (QED) is 0.778. The van der Waals surface area contributed by atoms with Crippen LogP contribution in [-0.4, -0.2) is 72.6 Å². The standard InChI is InChI=1S/C15H27N3O3/c1-15(2,14(20)21)12-4-3-7-18(10-12)13(19)11-17-8-5-16-6-9-17/h12,16H,3-11H2,1-2H3,(H,20,21). The molecule has 21 heavy (non-hydrogen) atoms. The number of likely N-dealkylation sites (tertiary alicyclic amines) is 1. The number of carboxylic acids is 1. The molecule has 0 aromatic carbocycles. The van der Waals surface area contributed by atoms with Gasteiger partial charge in [0.25, 0.3) is 0 Å². The maximum atomic E-state index is 12.4. The zero-order valence-corrected chi connectivity index (χ0v) is 13.1. The third kappa shape index (κ3) is 3.95.